The highest BCUT2D eigenvalue weighted by Crippen LogP contribution is 2.32. The summed E-state index contributed by atoms with van der Waals surface area (Å²) in [4.78, 5) is 2.62. The molecule has 1 fully saturated rings. The van der Waals surface area contributed by atoms with Gasteiger partial charge in [0.1, 0.15) is 5.76 Å². The van der Waals surface area contributed by atoms with E-state index in [9.17, 15) is 0 Å². The summed E-state index contributed by atoms with van der Waals surface area (Å²) in [6, 6.07) is 4.85. The molecule has 0 spiro atoms. The fraction of sp³-hybridized carbons (Fsp3) is 0.778. The van der Waals surface area contributed by atoms with Gasteiger partial charge >= 0.3 is 0 Å². The van der Waals surface area contributed by atoms with Crippen molar-refractivity contribution >= 4 is 0 Å². The summed E-state index contributed by atoms with van der Waals surface area (Å²) in [6.07, 6.45) is 5.68. The van der Waals surface area contributed by atoms with Crippen LogP contribution in [0, 0.1) is 11.3 Å². The highest BCUT2D eigenvalue weighted by atomic mass is 16.3. The summed E-state index contributed by atoms with van der Waals surface area (Å²) >= 11 is 0. The molecule has 0 radical (unpaired) electrons. The zero-order valence-corrected chi connectivity index (χ0v) is 14.2. The van der Waals surface area contributed by atoms with Crippen molar-refractivity contribution in [1.29, 1.82) is 0 Å². The van der Waals surface area contributed by atoms with E-state index in [4.69, 9.17) is 4.42 Å². The summed E-state index contributed by atoms with van der Waals surface area (Å²) < 4.78 is 5.55. The maximum atomic E-state index is 5.55. The third-order valence-corrected chi connectivity index (χ3v) is 4.55. The van der Waals surface area contributed by atoms with E-state index >= 15 is 0 Å². The monoisotopic (exact) mass is 292 g/mol. The Kier molecular flexibility index (Phi) is 5.88. The molecule has 1 aliphatic rings. The molecule has 1 N–H and O–H groups in total. The smallest absolute Gasteiger partial charge is 0.117 e. The molecule has 1 aliphatic carbocycles. The Morgan fingerprint density at radius 1 is 1.43 bits per heavy atom. The number of hydrogen-bond acceptors (Lipinski definition) is 3. The summed E-state index contributed by atoms with van der Waals surface area (Å²) in [5.74, 6) is 1.81. The standard InChI is InChI=1S/C18H32N2O/c1-5-18(4,13-19-11-15(2)3)14-20(16-8-9-16)12-17-7-6-10-21-17/h6-7,10,15-16,19H,5,8-9,11-14H2,1-4H3. The van der Waals surface area contributed by atoms with E-state index in [2.05, 4.69) is 44.0 Å². The van der Waals surface area contributed by atoms with Crippen LogP contribution >= 0.6 is 0 Å². The molecule has 3 heteroatoms. The Labute approximate surface area is 130 Å². The van der Waals surface area contributed by atoms with Crippen LogP contribution in [0.25, 0.3) is 0 Å². The molecular weight excluding hydrogens is 260 g/mol. The van der Waals surface area contributed by atoms with E-state index in [0.29, 0.717) is 11.3 Å². The van der Waals surface area contributed by atoms with E-state index in [-0.39, 0.29) is 0 Å². The van der Waals surface area contributed by atoms with E-state index in [1.54, 1.807) is 6.26 Å². The van der Waals surface area contributed by atoms with E-state index in [1.807, 2.05) is 6.07 Å². The molecule has 1 aromatic rings. The van der Waals surface area contributed by atoms with Gasteiger partial charge < -0.3 is 9.73 Å². The van der Waals surface area contributed by atoms with Gasteiger partial charge in [0, 0.05) is 19.1 Å². The Bertz CT molecular complexity index is 397. The summed E-state index contributed by atoms with van der Waals surface area (Å²) in [5.41, 5.74) is 0.337. The maximum absolute atomic E-state index is 5.55. The number of furan rings is 1. The average Bonchev–Trinajstić information content (AvgIpc) is 3.16. The van der Waals surface area contributed by atoms with Crippen molar-refractivity contribution in [3.63, 3.8) is 0 Å². The lowest BCUT2D eigenvalue weighted by atomic mass is 9.86. The van der Waals surface area contributed by atoms with Crippen molar-refractivity contribution in [3.05, 3.63) is 24.2 Å². The first-order valence-corrected chi connectivity index (χ1v) is 8.49. The predicted octanol–water partition coefficient (Wildman–Crippen LogP) is 3.91. The average molecular weight is 292 g/mol. The van der Waals surface area contributed by atoms with E-state index in [0.717, 1.165) is 38.0 Å². The molecule has 21 heavy (non-hydrogen) atoms. The van der Waals surface area contributed by atoms with Crippen LogP contribution < -0.4 is 5.32 Å². The molecule has 0 aliphatic heterocycles. The van der Waals surface area contributed by atoms with Crippen LogP contribution in [0.1, 0.15) is 52.7 Å². The zero-order valence-electron chi connectivity index (χ0n) is 14.2. The van der Waals surface area contributed by atoms with Gasteiger partial charge in [0.2, 0.25) is 0 Å². The number of nitrogens with zero attached hydrogens (tertiary/aromatic N) is 1. The zero-order chi connectivity index (χ0) is 15.3. The van der Waals surface area contributed by atoms with Crippen LogP contribution in [0.3, 0.4) is 0 Å². The minimum absolute atomic E-state index is 0.337. The van der Waals surface area contributed by atoms with Crippen LogP contribution in [-0.4, -0.2) is 30.6 Å². The van der Waals surface area contributed by atoms with Crippen LogP contribution in [-0.2, 0) is 6.54 Å². The largest absolute Gasteiger partial charge is 0.468 e. The van der Waals surface area contributed by atoms with Gasteiger partial charge in [-0.1, -0.05) is 27.7 Å². The lowest BCUT2D eigenvalue weighted by Gasteiger charge is -2.35. The molecule has 1 heterocycles. The molecule has 0 amide bonds. The summed E-state index contributed by atoms with van der Waals surface area (Å²) in [7, 11) is 0. The second kappa shape index (κ2) is 7.46. The van der Waals surface area contributed by atoms with Crippen LogP contribution in [0.5, 0.6) is 0 Å². The molecule has 0 aromatic carbocycles. The number of hydrogen-bond donors (Lipinski definition) is 1. The second-order valence-electron chi connectivity index (χ2n) is 7.40. The molecule has 120 valence electrons. The van der Waals surface area contributed by atoms with Crippen molar-refractivity contribution in [2.45, 2.75) is 59.5 Å². The third-order valence-electron chi connectivity index (χ3n) is 4.55. The Balaban J connectivity index is 1.89. The fourth-order valence-corrected chi connectivity index (χ4v) is 2.80. The number of nitrogens with one attached hydrogen (secondary N) is 1. The van der Waals surface area contributed by atoms with Crippen molar-refractivity contribution in [1.82, 2.24) is 10.2 Å². The van der Waals surface area contributed by atoms with Crippen molar-refractivity contribution in [2.75, 3.05) is 19.6 Å². The topological polar surface area (TPSA) is 28.4 Å². The summed E-state index contributed by atoms with van der Waals surface area (Å²) in [5, 5.41) is 3.65. The summed E-state index contributed by atoms with van der Waals surface area (Å²) in [6.45, 7) is 13.6. The first kappa shape index (κ1) is 16.6. The Morgan fingerprint density at radius 2 is 2.19 bits per heavy atom. The van der Waals surface area contributed by atoms with Crippen molar-refractivity contribution in [3.8, 4) is 0 Å². The van der Waals surface area contributed by atoms with Gasteiger partial charge in [0.25, 0.3) is 0 Å². The van der Waals surface area contributed by atoms with E-state index in [1.165, 1.54) is 19.3 Å². The van der Waals surface area contributed by atoms with Gasteiger partial charge in [-0.05, 0) is 49.3 Å². The fourth-order valence-electron chi connectivity index (χ4n) is 2.80. The van der Waals surface area contributed by atoms with Gasteiger partial charge in [-0.3, -0.25) is 4.90 Å². The Hall–Kier alpha value is -0.800. The first-order valence-electron chi connectivity index (χ1n) is 8.49. The van der Waals surface area contributed by atoms with Gasteiger partial charge in [0.05, 0.1) is 12.8 Å². The molecule has 1 saturated carbocycles. The molecule has 2 rings (SSSR count). The normalized spacial score (nSPS) is 18.4. The van der Waals surface area contributed by atoms with Gasteiger partial charge in [-0.2, -0.15) is 0 Å². The predicted molar refractivity (Wildman–Crippen MR) is 88.2 cm³/mol. The molecule has 0 bridgehead atoms. The van der Waals surface area contributed by atoms with Crippen molar-refractivity contribution < 1.29 is 4.42 Å². The minimum atomic E-state index is 0.337. The minimum Gasteiger partial charge on any atom is -0.468 e. The van der Waals surface area contributed by atoms with Gasteiger partial charge in [0.15, 0.2) is 0 Å². The molecular formula is C18H32N2O. The molecule has 1 unspecified atom stereocenters. The van der Waals surface area contributed by atoms with Gasteiger partial charge in [-0.15, -0.1) is 0 Å². The lowest BCUT2D eigenvalue weighted by molar-refractivity contribution is 0.133. The SMILES string of the molecule is CCC(C)(CNCC(C)C)CN(Cc1ccco1)C1CC1. The first-order chi connectivity index (χ1) is 10.0. The maximum Gasteiger partial charge on any atom is 0.117 e. The molecule has 0 saturated heterocycles. The number of rotatable bonds is 10. The third kappa shape index (κ3) is 5.48. The molecule has 3 nitrogen and oxygen atoms in total. The van der Waals surface area contributed by atoms with Crippen LogP contribution in [0.2, 0.25) is 0 Å². The van der Waals surface area contributed by atoms with Gasteiger partial charge in [-0.25, -0.2) is 0 Å². The lowest BCUT2D eigenvalue weighted by Crippen LogP contribution is -2.43. The highest BCUT2D eigenvalue weighted by molar-refractivity contribution is 5.00. The molecule has 1 atom stereocenters. The Morgan fingerprint density at radius 3 is 2.71 bits per heavy atom. The van der Waals surface area contributed by atoms with Crippen LogP contribution in [0.15, 0.2) is 22.8 Å². The highest BCUT2D eigenvalue weighted by Gasteiger charge is 2.34. The van der Waals surface area contributed by atoms with Crippen molar-refractivity contribution in [2.24, 2.45) is 11.3 Å². The van der Waals surface area contributed by atoms with E-state index < -0.39 is 0 Å². The molecule has 1 aromatic heterocycles. The second-order valence-corrected chi connectivity index (χ2v) is 7.40. The quantitative estimate of drug-likeness (QED) is 0.709. The van der Waals surface area contributed by atoms with Crippen LogP contribution in [0.4, 0.5) is 0 Å².